The molecule has 3 aromatic rings. The lowest BCUT2D eigenvalue weighted by atomic mass is 10.00. The Kier molecular flexibility index (Phi) is 6.20. The largest absolute Gasteiger partial charge is 0.480 e. The molecule has 3 aromatic carbocycles. The van der Waals surface area contributed by atoms with E-state index < -0.39 is 12.0 Å². The SMILES string of the molecule is CC(C)C(C(=O)O)N1Cc2ccc(-c3ccc(NC(=O)c4cccc(Cl)c4)cc3)cc2C1=O. The van der Waals surface area contributed by atoms with Crippen LogP contribution in [-0.4, -0.2) is 33.8 Å². The Morgan fingerprint density at radius 1 is 1.00 bits per heavy atom. The molecule has 0 radical (unpaired) electrons. The fraction of sp³-hybridized carbons (Fsp3) is 0.192. The molecule has 4 rings (SSSR count). The maximum absolute atomic E-state index is 13.0. The van der Waals surface area contributed by atoms with Crippen molar-refractivity contribution in [3.63, 3.8) is 0 Å². The molecule has 0 saturated heterocycles. The predicted molar refractivity (Wildman–Crippen MR) is 127 cm³/mol. The van der Waals surface area contributed by atoms with Gasteiger partial charge in [0.15, 0.2) is 0 Å². The first-order valence-electron chi connectivity index (χ1n) is 10.6. The van der Waals surface area contributed by atoms with Crippen molar-refractivity contribution in [2.75, 3.05) is 5.32 Å². The van der Waals surface area contributed by atoms with Gasteiger partial charge in [0.1, 0.15) is 6.04 Å². The average Bonchev–Trinajstić information content (AvgIpc) is 3.09. The number of carbonyl (C=O) groups is 3. The van der Waals surface area contributed by atoms with Crippen LogP contribution >= 0.6 is 11.6 Å². The Morgan fingerprint density at radius 2 is 1.70 bits per heavy atom. The number of nitrogens with one attached hydrogen (secondary N) is 1. The quantitative estimate of drug-likeness (QED) is 0.518. The second-order valence-corrected chi connectivity index (χ2v) is 8.81. The van der Waals surface area contributed by atoms with Crippen molar-refractivity contribution in [1.82, 2.24) is 4.90 Å². The van der Waals surface area contributed by atoms with Crippen molar-refractivity contribution in [1.29, 1.82) is 0 Å². The van der Waals surface area contributed by atoms with Crippen molar-refractivity contribution >= 4 is 35.1 Å². The van der Waals surface area contributed by atoms with E-state index in [0.717, 1.165) is 16.7 Å². The summed E-state index contributed by atoms with van der Waals surface area (Å²) in [7, 11) is 0. The van der Waals surface area contributed by atoms with Gasteiger partial charge in [0.05, 0.1) is 0 Å². The molecule has 0 bridgehead atoms. The highest BCUT2D eigenvalue weighted by atomic mass is 35.5. The fourth-order valence-electron chi connectivity index (χ4n) is 4.09. The summed E-state index contributed by atoms with van der Waals surface area (Å²) >= 11 is 5.95. The summed E-state index contributed by atoms with van der Waals surface area (Å²) in [5, 5.41) is 12.9. The highest BCUT2D eigenvalue weighted by Crippen LogP contribution is 2.31. The number of anilines is 1. The summed E-state index contributed by atoms with van der Waals surface area (Å²) in [5.74, 6) is -1.72. The van der Waals surface area contributed by atoms with Gasteiger partial charge >= 0.3 is 5.97 Å². The molecule has 2 amide bonds. The Hall–Kier alpha value is -3.64. The third-order valence-electron chi connectivity index (χ3n) is 5.73. The van der Waals surface area contributed by atoms with E-state index in [9.17, 15) is 19.5 Å². The molecule has 0 aliphatic carbocycles. The number of fused-ring (bicyclic) bond motifs is 1. The van der Waals surface area contributed by atoms with Gasteiger partial charge in [-0.2, -0.15) is 0 Å². The summed E-state index contributed by atoms with van der Waals surface area (Å²) in [5.41, 5.74) is 4.16. The van der Waals surface area contributed by atoms with Crippen LogP contribution in [0.4, 0.5) is 5.69 Å². The standard InChI is InChI=1S/C26H23ClN2O4/c1-15(2)23(26(32)33)29-14-19-7-6-17(13-22(19)25(29)31)16-8-10-21(11-9-16)28-24(30)18-4-3-5-20(27)12-18/h3-13,15,23H,14H2,1-2H3,(H,28,30)(H,32,33). The molecular formula is C26H23ClN2O4. The molecule has 0 fully saturated rings. The first kappa shape index (κ1) is 22.6. The molecule has 1 aliphatic rings. The molecule has 2 N–H and O–H groups in total. The lowest BCUT2D eigenvalue weighted by molar-refractivity contribution is -0.144. The Bertz CT molecular complexity index is 1240. The number of hydrogen-bond donors (Lipinski definition) is 2. The van der Waals surface area contributed by atoms with Gasteiger partial charge in [-0.25, -0.2) is 4.79 Å². The predicted octanol–water partition coefficient (Wildman–Crippen LogP) is 5.32. The highest BCUT2D eigenvalue weighted by Gasteiger charge is 2.38. The van der Waals surface area contributed by atoms with E-state index in [1.807, 2.05) is 24.3 Å². The number of rotatable bonds is 6. The lowest BCUT2D eigenvalue weighted by Gasteiger charge is -2.27. The van der Waals surface area contributed by atoms with Gasteiger partial charge in [-0.05, 0) is 59.0 Å². The monoisotopic (exact) mass is 462 g/mol. The van der Waals surface area contributed by atoms with Crippen LogP contribution in [0.15, 0.2) is 66.7 Å². The number of benzene rings is 3. The number of carboxylic acids is 1. The number of carboxylic acid groups (broad SMARTS) is 1. The topological polar surface area (TPSA) is 86.7 Å². The smallest absolute Gasteiger partial charge is 0.326 e. The molecular weight excluding hydrogens is 440 g/mol. The number of nitrogens with zero attached hydrogens (tertiary/aromatic N) is 1. The fourth-order valence-corrected chi connectivity index (χ4v) is 4.28. The molecule has 168 valence electrons. The van der Waals surface area contributed by atoms with Gasteiger partial charge < -0.3 is 15.3 Å². The summed E-state index contributed by atoms with van der Waals surface area (Å²) in [4.78, 5) is 38.5. The summed E-state index contributed by atoms with van der Waals surface area (Å²) in [6, 6.07) is 18.7. The van der Waals surface area contributed by atoms with E-state index in [1.165, 1.54) is 4.90 Å². The van der Waals surface area contributed by atoms with Crippen molar-refractivity contribution in [2.45, 2.75) is 26.4 Å². The second kappa shape index (κ2) is 9.08. The Balaban J connectivity index is 1.52. The lowest BCUT2D eigenvalue weighted by Crippen LogP contribution is -2.44. The third-order valence-corrected chi connectivity index (χ3v) is 5.96. The van der Waals surface area contributed by atoms with E-state index in [4.69, 9.17) is 11.6 Å². The third kappa shape index (κ3) is 4.61. The number of amides is 2. The summed E-state index contributed by atoms with van der Waals surface area (Å²) in [6.45, 7) is 3.89. The Morgan fingerprint density at radius 3 is 2.33 bits per heavy atom. The first-order chi connectivity index (χ1) is 15.7. The molecule has 33 heavy (non-hydrogen) atoms. The van der Waals surface area contributed by atoms with Gasteiger partial charge in [0, 0.05) is 28.4 Å². The molecule has 0 aromatic heterocycles. The van der Waals surface area contributed by atoms with Crippen molar-refractivity contribution in [3.05, 3.63) is 88.4 Å². The van der Waals surface area contributed by atoms with Crippen LogP contribution in [0, 0.1) is 5.92 Å². The van der Waals surface area contributed by atoms with Crippen molar-refractivity contribution < 1.29 is 19.5 Å². The van der Waals surface area contributed by atoms with E-state index in [2.05, 4.69) is 5.32 Å². The maximum atomic E-state index is 13.0. The zero-order valence-electron chi connectivity index (χ0n) is 18.2. The van der Waals surface area contributed by atoms with Crippen molar-refractivity contribution in [3.8, 4) is 11.1 Å². The molecule has 0 spiro atoms. The molecule has 1 atom stereocenters. The van der Waals surface area contributed by atoms with Crippen molar-refractivity contribution in [2.24, 2.45) is 5.92 Å². The van der Waals surface area contributed by atoms with Crippen LogP contribution in [0.1, 0.15) is 40.1 Å². The number of aliphatic carboxylic acids is 1. The van der Waals surface area contributed by atoms with Gasteiger partial charge in [0.2, 0.25) is 0 Å². The van der Waals surface area contributed by atoms with E-state index in [1.54, 1.807) is 56.3 Å². The average molecular weight is 463 g/mol. The van der Waals surface area contributed by atoms with E-state index in [-0.39, 0.29) is 24.3 Å². The Labute approximate surface area is 196 Å². The van der Waals surface area contributed by atoms with Crippen LogP contribution in [0.3, 0.4) is 0 Å². The van der Waals surface area contributed by atoms with Crippen LogP contribution in [0.2, 0.25) is 5.02 Å². The van der Waals surface area contributed by atoms with Gasteiger partial charge in [-0.15, -0.1) is 0 Å². The molecule has 1 unspecified atom stereocenters. The minimum Gasteiger partial charge on any atom is -0.480 e. The highest BCUT2D eigenvalue weighted by molar-refractivity contribution is 6.31. The zero-order valence-corrected chi connectivity index (χ0v) is 19.0. The van der Waals surface area contributed by atoms with Crippen LogP contribution in [-0.2, 0) is 11.3 Å². The number of hydrogen-bond acceptors (Lipinski definition) is 3. The molecule has 7 heteroatoms. The molecule has 0 saturated carbocycles. The van der Waals surface area contributed by atoms with Gasteiger partial charge in [-0.3, -0.25) is 9.59 Å². The molecule has 6 nitrogen and oxygen atoms in total. The zero-order chi connectivity index (χ0) is 23.7. The number of carbonyl (C=O) groups excluding carboxylic acids is 2. The second-order valence-electron chi connectivity index (χ2n) is 8.37. The maximum Gasteiger partial charge on any atom is 0.326 e. The van der Waals surface area contributed by atoms with E-state index >= 15 is 0 Å². The summed E-state index contributed by atoms with van der Waals surface area (Å²) < 4.78 is 0. The van der Waals surface area contributed by atoms with Gasteiger partial charge in [0.25, 0.3) is 11.8 Å². The molecule has 1 heterocycles. The van der Waals surface area contributed by atoms with Crippen LogP contribution in [0.5, 0.6) is 0 Å². The number of halogens is 1. The first-order valence-corrected chi connectivity index (χ1v) is 11.0. The minimum atomic E-state index is -0.998. The van der Waals surface area contributed by atoms with Crippen LogP contribution < -0.4 is 5.32 Å². The van der Waals surface area contributed by atoms with E-state index in [0.29, 0.717) is 21.8 Å². The van der Waals surface area contributed by atoms with Crippen LogP contribution in [0.25, 0.3) is 11.1 Å². The molecule has 1 aliphatic heterocycles. The minimum absolute atomic E-state index is 0.199. The summed E-state index contributed by atoms with van der Waals surface area (Å²) in [6.07, 6.45) is 0. The normalized spacial score (nSPS) is 13.7. The van der Waals surface area contributed by atoms with Gasteiger partial charge in [-0.1, -0.05) is 55.8 Å².